The number of aromatic amines is 1. The number of nitrogens with one attached hydrogen (secondary N) is 3. The van der Waals surface area contributed by atoms with Gasteiger partial charge in [-0.15, -0.1) is 11.8 Å². The van der Waals surface area contributed by atoms with E-state index in [1.54, 1.807) is 30.3 Å². The molecule has 0 saturated carbocycles. The number of nitrogens with two attached hydrogens (primary N) is 1. The van der Waals surface area contributed by atoms with E-state index in [0.29, 0.717) is 5.56 Å². The van der Waals surface area contributed by atoms with Gasteiger partial charge in [-0.3, -0.25) is 24.1 Å². The molecule has 0 radical (unpaired) electrons. The summed E-state index contributed by atoms with van der Waals surface area (Å²) in [6, 6.07) is 7.07. The van der Waals surface area contributed by atoms with Gasteiger partial charge in [0.15, 0.2) is 5.43 Å². The summed E-state index contributed by atoms with van der Waals surface area (Å²) < 4.78 is 4.69. The van der Waals surface area contributed by atoms with Crippen molar-refractivity contribution in [3.05, 3.63) is 81.4 Å². The van der Waals surface area contributed by atoms with Crippen LogP contribution in [0.25, 0.3) is 0 Å². The Balaban J connectivity index is 1.54. The Labute approximate surface area is 213 Å². The van der Waals surface area contributed by atoms with E-state index in [1.807, 2.05) is 0 Å². The van der Waals surface area contributed by atoms with Crippen molar-refractivity contribution in [2.75, 3.05) is 12.4 Å². The number of carbonyl (C=O) groups excluding carboxylic acids is 4. The Morgan fingerprint density at radius 2 is 1.92 bits per heavy atom. The molecule has 6 N–H and O–H groups in total. The van der Waals surface area contributed by atoms with Crippen LogP contribution >= 0.6 is 11.8 Å². The van der Waals surface area contributed by atoms with Crippen LogP contribution in [0.3, 0.4) is 0 Å². The zero-order valence-electron chi connectivity index (χ0n) is 19.0. The molecule has 14 heteroatoms. The first kappa shape index (κ1) is 25.5. The number of carboxylic acid groups (broad SMARTS) is 1. The van der Waals surface area contributed by atoms with Gasteiger partial charge in [0.25, 0.3) is 11.8 Å². The van der Waals surface area contributed by atoms with Crippen molar-refractivity contribution < 1.29 is 33.8 Å². The second kappa shape index (κ2) is 10.6. The van der Waals surface area contributed by atoms with Crippen LogP contribution in [0, 0.1) is 0 Å². The van der Waals surface area contributed by atoms with Gasteiger partial charge < -0.3 is 31.2 Å². The first-order chi connectivity index (χ1) is 17.7. The molecule has 4 rings (SSSR count). The van der Waals surface area contributed by atoms with Crippen LogP contribution in [0.2, 0.25) is 0 Å². The number of H-pyrrole nitrogens is 1. The third kappa shape index (κ3) is 5.18. The smallest absolute Gasteiger partial charge is 0.404 e. The van der Waals surface area contributed by atoms with Crippen LogP contribution in [0.5, 0.6) is 0 Å². The number of pyridine rings is 1. The minimum atomic E-state index is -1.39. The zero-order chi connectivity index (χ0) is 26.7. The van der Waals surface area contributed by atoms with E-state index in [4.69, 9.17) is 10.5 Å². The van der Waals surface area contributed by atoms with Crippen LogP contribution in [0.15, 0.2) is 64.9 Å². The van der Waals surface area contributed by atoms with Gasteiger partial charge in [0, 0.05) is 29.8 Å². The highest BCUT2D eigenvalue weighted by atomic mass is 32.2. The molecule has 0 aliphatic carbocycles. The van der Waals surface area contributed by atoms with Crippen molar-refractivity contribution in [1.29, 1.82) is 0 Å². The Hall–Kier alpha value is -4.59. The molecule has 0 bridgehead atoms. The molecule has 1 saturated heterocycles. The molecular weight excluding hydrogens is 506 g/mol. The lowest BCUT2D eigenvalue weighted by Crippen LogP contribution is -2.71. The number of ether oxygens (including phenoxy) is 1. The highest BCUT2D eigenvalue weighted by Crippen LogP contribution is 2.40. The average molecular weight is 528 g/mol. The lowest BCUT2D eigenvalue weighted by atomic mass is 10.0. The van der Waals surface area contributed by atoms with Gasteiger partial charge in [-0.1, -0.05) is 30.3 Å². The third-order valence-electron chi connectivity index (χ3n) is 5.68. The molecule has 2 aliphatic heterocycles. The van der Waals surface area contributed by atoms with Crippen LogP contribution < -0.4 is 21.8 Å². The van der Waals surface area contributed by atoms with Gasteiger partial charge in [0.05, 0.1) is 0 Å². The van der Waals surface area contributed by atoms with Gasteiger partial charge >= 0.3 is 12.1 Å². The molecular formula is C23H21N5O8S. The van der Waals surface area contributed by atoms with Crippen molar-refractivity contribution >= 4 is 41.5 Å². The first-order valence-corrected chi connectivity index (χ1v) is 11.9. The molecule has 1 unspecified atom stereocenters. The van der Waals surface area contributed by atoms with Gasteiger partial charge in [-0.05, 0) is 5.56 Å². The van der Waals surface area contributed by atoms with Crippen LogP contribution in [0.4, 0.5) is 4.79 Å². The average Bonchev–Trinajstić information content (AvgIpc) is 2.88. The van der Waals surface area contributed by atoms with Gasteiger partial charge in [0.2, 0.25) is 5.91 Å². The molecule has 192 valence electrons. The molecule has 13 nitrogen and oxygen atoms in total. The highest BCUT2D eigenvalue weighted by Gasteiger charge is 2.54. The largest absolute Gasteiger partial charge is 0.477 e. The third-order valence-corrected chi connectivity index (χ3v) is 7.02. The topological polar surface area (TPSA) is 201 Å². The molecule has 1 fully saturated rings. The van der Waals surface area contributed by atoms with Crippen LogP contribution in [0.1, 0.15) is 22.0 Å². The lowest BCUT2D eigenvalue weighted by molar-refractivity contribution is -0.151. The van der Waals surface area contributed by atoms with E-state index < -0.39 is 59.3 Å². The first-order valence-electron chi connectivity index (χ1n) is 10.8. The summed E-state index contributed by atoms with van der Waals surface area (Å²) in [5, 5.41) is 14.0. The molecule has 3 heterocycles. The van der Waals surface area contributed by atoms with Crippen LogP contribution in [-0.2, 0) is 19.1 Å². The summed E-state index contributed by atoms with van der Waals surface area (Å²) in [5.41, 5.74) is 4.46. The number of β-lactam (4-membered cyclic amide) rings is 1. The molecule has 0 spiro atoms. The number of rotatable bonds is 8. The Morgan fingerprint density at radius 1 is 1.19 bits per heavy atom. The fraction of sp³-hybridized carbons (Fsp3) is 0.217. The second-order valence-corrected chi connectivity index (χ2v) is 9.11. The van der Waals surface area contributed by atoms with Crippen molar-refractivity contribution in [1.82, 2.24) is 20.5 Å². The van der Waals surface area contributed by atoms with Crippen molar-refractivity contribution in [2.45, 2.75) is 17.5 Å². The zero-order valence-corrected chi connectivity index (χ0v) is 19.8. The molecule has 3 atom stereocenters. The summed E-state index contributed by atoms with van der Waals surface area (Å²) in [4.78, 5) is 77.5. The predicted octanol–water partition coefficient (Wildman–Crippen LogP) is -0.320. The van der Waals surface area contributed by atoms with Gasteiger partial charge in [0.1, 0.15) is 35.3 Å². The summed E-state index contributed by atoms with van der Waals surface area (Å²) in [6.45, 7) is -0.391. The quantitative estimate of drug-likeness (QED) is 0.285. The lowest BCUT2D eigenvalue weighted by Gasteiger charge is -2.49. The number of benzene rings is 1. The summed E-state index contributed by atoms with van der Waals surface area (Å²) in [5.74, 6) is -3.49. The number of amides is 4. The standard InChI is InChI=1S/C23H21N5O8S/c24-23(35)36-9-12-10-37-21-16(20(32)28(21)17(12)22(33)34)27-19(31)15(11-4-2-1-3-5-11)26-18(30)13-8-25-7-6-14(13)29/h1-8,15-16,21H,9-10H2,(H2,24,35)(H,25,29)(H,26,30)(H,27,31)(H,33,34)/t15-,16?,21-/m1/s1. The van der Waals surface area contributed by atoms with E-state index in [1.165, 1.54) is 30.2 Å². The normalized spacial score (nSPS) is 19.2. The van der Waals surface area contributed by atoms with Crippen LogP contribution in [-0.4, -0.2) is 68.5 Å². The minimum absolute atomic E-state index is 0.116. The summed E-state index contributed by atoms with van der Waals surface area (Å²) >= 11 is 1.17. The Bertz CT molecular complexity index is 1360. The number of aliphatic carboxylic acids is 1. The van der Waals surface area contributed by atoms with Gasteiger partial charge in [-0.2, -0.15) is 0 Å². The number of thioether (sulfide) groups is 1. The summed E-state index contributed by atoms with van der Waals surface area (Å²) in [6.07, 6.45) is 1.49. The highest BCUT2D eigenvalue weighted by molar-refractivity contribution is 8.00. The van der Waals surface area contributed by atoms with E-state index in [0.717, 1.165) is 4.90 Å². The van der Waals surface area contributed by atoms with E-state index in [9.17, 15) is 33.9 Å². The molecule has 1 aromatic heterocycles. The maximum absolute atomic E-state index is 13.3. The molecule has 4 amide bonds. The molecule has 1 aromatic carbocycles. The Kier molecular flexibility index (Phi) is 7.29. The van der Waals surface area contributed by atoms with E-state index in [-0.39, 0.29) is 22.6 Å². The fourth-order valence-electron chi connectivity index (χ4n) is 3.94. The number of carboxylic acids is 1. The number of aromatic nitrogens is 1. The van der Waals surface area contributed by atoms with Crippen molar-refractivity contribution in [3.63, 3.8) is 0 Å². The van der Waals surface area contributed by atoms with Crippen molar-refractivity contribution in [3.8, 4) is 0 Å². The predicted molar refractivity (Wildman–Crippen MR) is 129 cm³/mol. The molecule has 37 heavy (non-hydrogen) atoms. The fourth-order valence-corrected chi connectivity index (χ4v) is 5.26. The van der Waals surface area contributed by atoms with E-state index >= 15 is 0 Å². The Morgan fingerprint density at radius 3 is 2.57 bits per heavy atom. The molecule has 2 aromatic rings. The monoisotopic (exact) mass is 527 g/mol. The number of nitrogens with zero attached hydrogens (tertiary/aromatic N) is 1. The number of hydrogen-bond donors (Lipinski definition) is 5. The minimum Gasteiger partial charge on any atom is -0.477 e. The number of primary amides is 1. The maximum atomic E-state index is 13.3. The van der Waals surface area contributed by atoms with Gasteiger partial charge in [-0.25, -0.2) is 9.59 Å². The second-order valence-electron chi connectivity index (χ2n) is 8.00. The molecule has 2 aliphatic rings. The number of fused-ring (bicyclic) bond motifs is 1. The van der Waals surface area contributed by atoms with E-state index in [2.05, 4.69) is 15.6 Å². The maximum Gasteiger partial charge on any atom is 0.404 e. The summed E-state index contributed by atoms with van der Waals surface area (Å²) in [7, 11) is 0. The number of carbonyl (C=O) groups is 5. The SMILES string of the molecule is NC(=O)OCC1=C(C(=O)O)N2C(=O)C(NC(=O)[C@H](NC(=O)c3c[nH]ccc3=O)c3ccccc3)[C@H]2SC1. The van der Waals surface area contributed by atoms with Crippen molar-refractivity contribution in [2.24, 2.45) is 5.73 Å². The number of hydrogen-bond acceptors (Lipinski definition) is 8.